The topological polar surface area (TPSA) is 62.9 Å². The minimum atomic E-state index is 0.370. The van der Waals surface area contributed by atoms with Gasteiger partial charge in [-0.2, -0.15) is 0 Å². The third-order valence-electron chi connectivity index (χ3n) is 2.89. The SMILES string of the molecule is COc1ccc(N)c(OCCOc2ccccc2OC)c1. The van der Waals surface area contributed by atoms with Crippen LogP contribution in [0.4, 0.5) is 5.69 Å². The predicted octanol–water partition coefficient (Wildman–Crippen LogP) is 2.74. The summed E-state index contributed by atoms with van der Waals surface area (Å²) in [6.45, 7) is 0.756. The number of rotatable bonds is 7. The predicted molar refractivity (Wildman–Crippen MR) is 81.4 cm³/mol. The molecular formula is C16H19NO4. The molecule has 0 heterocycles. The van der Waals surface area contributed by atoms with Gasteiger partial charge in [0.05, 0.1) is 19.9 Å². The molecule has 112 valence electrons. The summed E-state index contributed by atoms with van der Waals surface area (Å²) in [5.74, 6) is 2.66. The molecule has 0 saturated heterocycles. The number of ether oxygens (including phenoxy) is 4. The highest BCUT2D eigenvalue weighted by atomic mass is 16.5. The summed E-state index contributed by atoms with van der Waals surface area (Å²) in [4.78, 5) is 0. The molecule has 0 aliphatic carbocycles. The van der Waals surface area contributed by atoms with Gasteiger partial charge in [-0.1, -0.05) is 12.1 Å². The van der Waals surface area contributed by atoms with Crippen LogP contribution in [0.1, 0.15) is 0 Å². The van der Waals surface area contributed by atoms with Crippen LogP contribution in [0.2, 0.25) is 0 Å². The van der Waals surface area contributed by atoms with E-state index in [4.69, 9.17) is 24.7 Å². The second-order valence-electron chi connectivity index (χ2n) is 4.25. The maximum atomic E-state index is 5.84. The number of para-hydroxylation sites is 2. The molecule has 0 fully saturated rings. The molecular weight excluding hydrogens is 270 g/mol. The van der Waals surface area contributed by atoms with E-state index in [0.29, 0.717) is 41.9 Å². The smallest absolute Gasteiger partial charge is 0.161 e. The molecule has 0 atom stereocenters. The van der Waals surface area contributed by atoms with Gasteiger partial charge in [-0.3, -0.25) is 0 Å². The van der Waals surface area contributed by atoms with Crippen molar-refractivity contribution in [3.05, 3.63) is 42.5 Å². The Morgan fingerprint density at radius 1 is 0.810 bits per heavy atom. The highest BCUT2D eigenvalue weighted by Gasteiger charge is 2.05. The van der Waals surface area contributed by atoms with Gasteiger partial charge in [0, 0.05) is 6.07 Å². The lowest BCUT2D eigenvalue weighted by atomic mass is 10.3. The number of nitrogens with two attached hydrogens (primary N) is 1. The van der Waals surface area contributed by atoms with Crippen molar-refractivity contribution in [2.45, 2.75) is 0 Å². The summed E-state index contributed by atoms with van der Waals surface area (Å²) in [6, 6.07) is 12.7. The van der Waals surface area contributed by atoms with Crippen LogP contribution in [-0.2, 0) is 0 Å². The van der Waals surface area contributed by atoms with Crippen molar-refractivity contribution >= 4 is 5.69 Å². The van der Waals surface area contributed by atoms with Gasteiger partial charge in [0.15, 0.2) is 11.5 Å². The zero-order chi connectivity index (χ0) is 15.1. The monoisotopic (exact) mass is 289 g/mol. The standard InChI is InChI=1S/C16H19NO4/c1-18-12-7-8-13(17)16(11-12)21-10-9-20-15-6-4-3-5-14(15)19-2/h3-8,11H,9-10,17H2,1-2H3. The van der Waals surface area contributed by atoms with E-state index in [1.165, 1.54) is 0 Å². The van der Waals surface area contributed by atoms with Crippen LogP contribution in [-0.4, -0.2) is 27.4 Å². The molecule has 0 radical (unpaired) electrons. The van der Waals surface area contributed by atoms with E-state index in [1.54, 1.807) is 32.4 Å². The van der Waals surface area contributed by atoms with E-state index in [-0.39, 0.29) is 0 Å². The summed E-state index contributed by atoms with van der Waals surface area (Å²) in [7, 11) is 3.20. The average molecular weight is 289 g/mol. The molecule has 2 aromatic carbocycles. The van der Waals surface area contributed by atoms with Crippen molar-refractivity contribution in [1.29, 1.82) is 0 Å². The minimum Gasteiger partial charge on any atom is -0.497 e. The lowest BCUT2D eigenvalue weighted by Crippen LogP contribution is -2.10. The first-order chi connectivity index (χ1) is 10.2. The van der Waals surface area contributed by atoms with Gasteiger partial charge in [0.1, 0.15) is 24.7 Å². The molecule has 0 unspecified atom stereocenters. The van der Waals surface area contributed by atoms with Gasteiger partial charge >= 0.3 is 0 Å². The zero-order valence-electron chi connectivity index (χ0n) is 12.2. The number of benzene rings is 2. The Morgan fingerprint density at radius 2 is 1.48 bits per heavy atom. The van der Waals surface area contributed by atoms with Crippen LogP contribution in [0.25, 0.3) is 0 Å². The van der Waals surface area contributed by atoms with Crippen LogP contribution in [0.5, 0.6) is 23.0 Å². The number of methoxy groups -OCH3 is 2. The van der Waals surface area contributed by atoms with Gasteiger partial charge in [-0.25, -0.2) is 0 Å². The molecule has 0 bridgehead atoms. The fourth-order valence-electron chi connectivity index (χ4n) is 1.81. The molecule has 0 saturated carbocycles. The molecule has 5 nitrogen and oxygen atoms in total. The zero-order valence-corrected chi connectivity index (χ0v) is 12.2. The van der Waals surface area contributed by atoms with Gasteiger partial charge < -0.3 is 24.7 Å². The normalized spacial score (nSPS) is 10.0. The lowest BCUT2D eigenvalue weighted by molar-refractivity contribution is 0.211. The Hall–Kier alpha value is -2.56. The molecule has 5 heteroatoms. The van der Waals surface area contributed by atoms with Crippen LogP contribution >= 0.6 is 0 Å². The molecule has 0 spiro atoms. The molecule has 2 rings (SSSR count). The van der Waals surface area contributed by atoms with Crippen LogP contribution in [0.15, 0.2) is 42.5 Å². The molecule has 0 aliphatic heterocycles. The van der Waals surface area contributed by atoms with Crippen LogP contribution in [0.3, 0.4) is 0 Å². The van der Waals surface area contributed by atoms with E-state index in [2.05, 4.69) is 0 Å². The first kappa shape index (κ1) is 14.8. The van der Waals surface area contributed by atoms with E-state index in [9.17, 15) is 0 Å². The third-order valence-corrected chi connectivity index (χ3v) is 2.89. The summed E-state index contributed by atoms with van der Waals surface area (Å²) in [6.07, 6.45) is 0. The maximum Gasteiger partial charge on any atom is 0.161 e. The van der Waals surface area contributed by atoms with Crippen molar-refractivity contribution in [3.63, 3.8) is 0 Å². The minimum absolute atomic E-state index is 0.370. The molecule has 0 amide bonds. The summed E-state index contributed by atoms with van der Waals surface area (Å²) >= 11 is 0. The van der Waals surface area contributed by atoms with Gasteiger partial charge in [0.2, 0.25) is 0 Å². The lowest BCUT2D eigenvalue weighted by Gasteiger charge is -2.12. The highest BCUT2D eigenvalue weighted by molar-refractivity contribution is 5.55. The summed E-state index contributed by atoms with van der Waals surface area (Å²) in [5.41, 5.74) is 6.40. The Bertz CT molecular complexity index is 586. The Balaban J connectivity index is 1.87. The number of anilines is 1. The number of nitrogen functional groups attached to an aromatic ring is 1. The third kappa shape index (κ3) is 3.95. The van der Waals surface area contributed by atoms with Crippen molar-refractivity contribution < 1.29 is 18.9 Å². The fraction of sp³-hybridized carbons (Fsp3) is 0.250. The second kappa shape index (κ2) is 7.28. The largest absolute Gasteiger partial charge is 0.497 e. The Morgan fingerprint density at radius 3 is 2.14 bits per heavy atom. The Kier molecular flexibility index (Phi) is 5.15. The van der Waals surface area contributed by atoms with Crippen molar-refractivity contribution in [2.24, 2.45) is 0 Å². The average Bonchev–Trinajstić information content (AvgIpc) is 2.53. The van der Waals surface area contributed by atoms with Crippen molar-refractivity contribution in [3.8, 4) is 23.0 Å². The molecule has 2 aromatic rings. The number of hydrogen-bond acceptors (Lipinski definition) is 5. The van der Waals surface area contributed by atoms with Crippen LogP contribution in [0, 0.1) is 0 Å². The molecule has 0 aromatic heterocycles. The van der Waals surface area contributed by atoms with Gasteiger partial charge in [-0.05, 0) is 24.3 Å². The number of hydrogen-bond donors (Lipinski definition) is 1. The van der Waals surface area contributed by atoms with Crippen molar-refractivity contribution in [1.82, 2.24) is 0 Å². The quantitative estimate of drug-likeness (QED) is 0.627. The maximum absolute atomic E-state index is 5.84. The van der Waals surface area contributed by atoms with Gasteiger partial charge in [0.25, 0.3) is 0 Å². The fourth-order valence-corrected chi connectivity index (χ4v) is 1.81. The highest BCUT2D eigenvalue weighted by Crippen LogP contribution is 2.27. The molecule has 0 aliphatic rings. The van der Waals surface area contributed by atoms with E-state index in [1.807, 2.05) is 24.3 Å². The first-order valence-corrected chi connectivity index (χ1v) is 6.56. The molecule has 2 N–H and O–H groups in total. The summed E-state index contributed by atoms with van der Waals surface area (Å²) < 4.78 is 21.6. The first-order valence-electron chi connectivity index (χ1n) is 6.56. The second-order valence-corrected chi connectivity index (χ2v) is 4.25. The van der Waals surface area contributed by atoms with E-state index < -0.39 is 0 Å². The van der Waals surface area contributed by atoms with E-state index in [0.717, 1.165) is 0 Å². The summed E-state index contributed by atoms with van der Waals surface area (Å²) in [5, 5.41) is 0. The Labute approximate surface area is 124 Å². The van der Waals surface area contributed by atoms with Crippen LogP contribution < -0.4 is 24.7 Å². The van der Waals surface area contributed by atoms with Crippen molar-refractivity contribution in [2.75, 3.05) is 33.2 Å². The molecule has 21 heavy (non-hydrogen) atoms. The van der Waals surface area contributed by atoms with Gasteiger partial charge in [-0.15, -0.1) is 0 Å². The van der Waals surface area contributed by atoms with E-state index >= 15 is 0 Å².